The van der Waals surface area contributed by atoms with Crippen molar-refractivity contribution in [3.05, 3.63) is 41.2 Å². The van der Waals surface area contributed by atoms with Gasteiger partial charge in [0.05, 0.1) is 11.3 Å². The van der Waals surface area contributed by atoms with Gasteiger partial charge in [0.1, 0.15) is 5.82 Å². The molecule has 0 aliphatic rings. The van der Waals surface area contributed by atoms with Crippen LogP contribution in [0.25, 0.3) is 16.3 Å². The number of thiazole rings is 1. The van der Waals surface area contributed by atoms with Gasteiger partial charge in [0.25, 0.3) is 0 Å². The van der Waals surface area contributed by atoms with Crippen LogP contribution in [0, 0.1) is 11.2 Å². The SMILES string of the molecule is CC(C)(C)C(=O)NCCc1csc2nc(-c3ccccc3F)nn12. The van der Waals surface area contributed by atoms with Crippen LogP contribution >= 0.6 is 11.3 Å². The molecule has 1 N–H and O–H groups in total. The lowest BCUT2D eigenvalue weighted by Crippen LogP contribution is -2.36. The summed E-state index contributed by atoms with van der Waals surface area (Å²) < 4.78 is 15.6. The van der Waals surface area contributed by atoms with Gasteiger partial charge in [0, 0.05) is 23.8 Å². The fraction of sp³-hybridized carbons (Fsp3) is 0.353. The number of benzene rings is 1. The van der Waals surface area contributed by atoms with E-state index in [4.69, 9.17) is 0 Å². The maximum absolute atomic E-state index is 13.9. The number of nitrogens with one attached hydrogen (secondary N) is 1. The molecule has 2 heterocycles. The summed E-state index contributed by atoms with van der Waals surface area (Å²) in [5.41, 5.74) is 0.926. The molecule has 24 heavy (non-hydrogen) atoms. The van der Waals surface area contributed by atoms with Crippen LogP contribution in [-0.4, -0.2) is 27.0 Å². The number of carbonyl (C=O) groups excluding carboxylic acids is 1. The molecule has 0 spiro atoms. The number of rotatable bonds is 4. The standard InChI is InChI=1S/C17H19FN4OS/c1-17(2,3)15(23)19-9-8-11-10-24-16-20-14(21-22(11)16)12-6-4-5-7-13(12)18/h4-7,10H,8-9H2,1-3H3,(H,19,23). The summed E-state index contributed by atoms with van der Waals surface area (Å²) in [6.45, 7) is 6.16. The van der Waals surface area contributed by atoms with Crippen molar-refractivity contribution in [3.63, 3.8) is 0 Å². The molecule has 3 rings (SSSR count). The van der Waals surface area contributed by atoms with E-state index in [2.05, 4.69) is 15.4 Å². The zero-order valence-corrected chi connectivity index (χ0v) is 14.7. The van der Waals surface area contributed by atoms with Gasteiger partial charge in [0.2, 0.25) is 10.9 Å². The first kappa shape index (κ1) is 16.6. The van der Waals surface area contributed by atoms with E-state index in [0.29, 0.717) is 29.3 Å². The zero-order valence-electron chi connectivity index (χ0n) is 13.8. The minimum atomic E-state index is -0.408. The molecule has 1 aromatic carbocycles. The van der Waals surface area contributed by atoms with Crippen molar-refractivity contribution < 1.29 is 9.18 Å². The summed E-state index contributed by atoms with van der Waals surface area (Å²) in [6.07, 6.45) is 0.641. The third-order valence-electron chi connectivity index (χ3n) is 3.61. The minimum Gasteiger partial charge on any atom is -0.355 e. The van der Waals surface area contributed by atoms with Crippen LogP contribution in [0.5, 0.6) is 0 Å². The van der Waals surface area contributed by atoms with E-state index in [-0.39, 0.29) is 11.7 Å². The molecule has 3 aromatic rings. The Kier molecular flexibility index (Phi) is 4.36. The predicted molar refractivity (Wildman–Crippen MR) is 92.4 cm³/mol. The third-order valence-corrected chi connectivity index (χ3v) is 4.48. The van der Waals surface area contributed by atoms with Gasteiger partial charge >= 0.3 is 0 Å². The average molecular weight is 346 g/mol. The maximum Gasteiger partial charge on any atom is 0.225 e. The van der Waals surface area contributed by atoms with Crippen molar-refractivity contribution in [2.45, 2.75) is 27.2 Å². The second-order valence-electron chi connectivity index (χ2n) is 6.59. The minimum absolute atomic E-state index is 0.0135. The number of hydrogen-bond acceptors (Lipinski definition) is 4. The molecule has 0 aliphatic carbocycles. The fourth-order valence-corrected chi connectivity index (χ4v) is 3.08. The third kappa shape index (κ3) is 3.31. The lowest BCUT2D eigenvalue weighted by molar-refractivity contribution is -0.128. The molecule has 0 saturated heterocycles. The van der Waals surface area contributed by atoms with Crippen LogP contribution < -0.4 is 5.32 Å². The van der Waals surface area contributed by atoms with Crippen molar-refractivity contribution >= 4 is 22.2 Å². The largest absolute Gasteiger partial charge is 0.355 e. The van der Waals surface area contributed by atoms with E-state index in [1.165, 1.54) is 17.4 Å². The van der Waals surface area contributed by atoms with Crippen molar-refractivity contribution in [1.29, 1.82) is 0 Å². The monoisotopic (exact) mass is 346 g/mol. The smallest absolute Gasteiger partial charge is 0.225 e. The lowest BCUT2D eigenvalue weighted by Gasteiger charge is -2.17. The molecule has 0 saturated carbocycles. The Hall–Kier alpha value is -2.28. The Bertz CT molecular complexity index is 878. The number of carbonyl (C=O) groups is 1. The first-order chi connectivity index (χ1) is 11.4. The number of halogens is 1. The van der Waals surface area contributed by atoms with Crippen molar-refractivity contribution in [2.75, 3.05) is 6.54 Å². The molecule has 126 valence electrons. The van der Waals surface area contributed by atoms with E-state index in [0.717, 1.165) is 5.69 Å². The van der Waals surface area contributed by atoms with Crippen LogP contribution in [0.2, 0.25) is 0 Å². The van der Waals surface area contributed by atoms with Crippen molar-refractivity contribution in [2.24, 2.45) is 5.41 Å². The molecular formula is C17H19FN4OS. The highest BCUT2D eigenvalue weighted by atomic mass is 32.1. The van der Waals surface area contributed by atoms with Crippen molar-refractivity contribution in [3.8, 4) is 11.4 Å². The van der Waals surface area contributed by atoms with Gasteiger partial charge in [-0.15, -0.1) is 16.4 Å². The molecule has 2 aromatic heterocycles. The second kappa shape index (κ2) is 6.32. The Morgan fingerprint density at radius 2 is 2.08 bits per heavy atom. The Morgan fingerprint density at radius 3 is 2.79 bits per heavy atom. The summed E-state index contributed by atoms with van der Waals surface area (Å²) in [6, 6.07) is 6.46. The number of nitrogens with zero attached hydrogens (tertiary/aromatic N) is 3. The first-order valence-electron chi connectivity index (χ1n) is 7.72. The molecule has 0 unspecified atom stereocenters. The number of aromatic nitrogens is 3. The van der Waals surface area contributed by atoms with E-state index in [1.54, 1.807) is 22.7 Å². The van der Waals surface area contributed by atoms with E-state index >= 15 is 0 Å². The molecule has 0 aliphatic heterocycles. The predicted octanol–water partition coefficient (Wildman–Crippen LogP) is 3.30. The summed E-state index contributed by atoms with van der Waals surface area (Å²) in [5.74, 6) is 0.0503. The summed E-state index contributed by atoms with van der Waals surface area (Å²) >= 11 is 1.45. The van der Waals surface area contributed by atoms with Gasteiger partial charge in [-0.05, 0) is 12.1 Å². The molecule has 5 nitrogen and oxygen atoms in total. The van der Waals surface area contributed by atoms with E-state index < -0.39 is 5.41 Å². The molecule has 7 heteroatoms. The van der Waals surface area contributed by atoms with Gasteiger partial charge in [-0.3, -0.25) is 4.79 Å². The summed E-state index contributed by atoms with van der Waals surface area (Å²) in [5, 5.41) is 9.29. The van der Waals surface area contributed by atoms with Crippen LogP contribution in [0.1, 0.15) is 26.5 Å². The van der Waals surface area contributed by atoms with Gasteiger partial charge in [-0.2, -0.15) is 4.98 Å². The Balaban J connectivity index is 1.76. The lowest BCUT2D eigenvalue weighted by atomic mass is 9.96. The second-order valence-corrected chi connectivity index (χ2v) is 7.43. The molecular weight excluding hydrogens is 327 g/mol. The fourth-order valence-electron chi connectivity index (χ4n) is 2.22. The average Bonchev–Trinajstić information content (AvgIpc) is 3.08. The molecule has 0 bridgehead atoms. The first-order valence-corrected chi connectivity index (χ1v) is 8.60. The highest BCUT2D eigenvalue weighted by molar-refractivity contribution is 7.15. The van der Waals surface area contributed by atoms with Gasteiger partial charge in [-0.1, -0.05) is 32.9 Å². The quantitative estimate of drug-likeness (QED) is 0.788. The van der Waals surface area contributed by atoms with E-state index in [1.807, 2.05) is 26.2 Å². The topological polar surface area (TPSA) is 59.3 Å². The normalized spacial score (nSPS) is 11.8. The number of fused-ring (bicyclic) bond motifs is 1. The zero-order chi connectivity index (χ0) is 17.3. The number of amides is 1. The molecule has 0 atom stereocenters. The van der Waals surface area contributed by atoms with E-state index in [9.17, 15) is 9.18 Å². The number of hydrogen-bond donors (Lipinski definition) is 1. The summed E-state index contributed by atoms with van der Waals surface area (Å²) in [7, 11) is 0. The molecule has 0 fully saturated rings. The molecule has 1 amide bonds. The highest BCUT2D eigenvalue weighted by Crippen LogP contribution is 2.23. The Labute approximate surface area is 143 Å². The van der Waals surface area contributed by atoms with Crippen LogP contribution in [0.3, 0.4) is 0 Å². The molecule has 0 radical (unpaired) electrons. The van der Waals surface area contributed by atoms with Gasteiger partial charge < -0.3 is 5.32 Å². The van der Waals surface area contributed by atoms with Crippen LogP contribution in [-0.2, 0) is 11.2 Å². The summed E-state index contributed by atoms with van der Waals surface area (Å²) in [4.78, 5) is 17.0. The Morgan fingerprint density at radius 1 is 1.33 bits per heavy atom. The van der Waals surface area contributed by atoms with Gasteiger partial charge in [-0.25, -0.2) is 8.91 Å². The van der Waals surface area contributed by atoms with Crippen LogP contribution in [0.4, 0.5) is 4.39 Å². The van der Waals surface area contributed by atoms with Crippen LogP contribution in [0.15, 0.2) is 29.6 Å². The van der Waals surface area contributed by atoms with Gasteiger partial charge in [0.15, 0.2) is 5.82 Å². The highest BCUT2D eigenvalue weighted by Gasteiger charge is 2.20. The maximum atomic E-state index is 13.9. The van der Waals surface area contributed by atoms with Crippen molar-refractivity contribution in [1.82, 2.24) is 19.9 Å².